The van der Waals surface area contributed by atoms with Gasteiger partial charge in [-0.05, 0) is 24.1 Å². The third-order valence-corrected chi connectivity index (χ3v) is 2.22. The second kappa shape index (κ2) is 3.80. The van der Waals surface area contributed by atoms with Gasteiger partial charge in [0.25, 0.3) is 0 Å². The van der Waals surface area contributed by atoms with Gasteiger partial charge in [0.05, 0.1) is 15.6 Å². The van der Waals surface area contributed by atoms with Crippen LogP contribution < -0.4 is 0 Å². The maximum absolute atomic E-state index is 8.64. The Bertz CT molecular complexity index is 316. The normalized spacial score (nSPS) is 9.50. The molecular weight excluding hydrogens is 193 g/mol. The summed E-state index contributed by atoms with van der Waals surface area (Å²) >= 11 is 11.6. The minimum atomic E-state index is 0.357. The Morgan fingerprint density at radius 3 is 2.17 bits per heavy atom. The third-order valence-electron chi connectivity index (χ3n) is 1.62. The smallest absolute Gasteiger partial charge is 0.102 e. The second-order valence-corrected chi connectivity index (χ2v) is 3.21. The van der Waals surface area contributed by atoms with Crippen LogP contribution in [0.5, 0.6) is 0 Å². The lowest BCUT2D eigenvalue weighted by atomic mass is 10.1. The van der Waals surface area contributed by atoms with E-state index < -0.39 is 0 Å². The molecule has 3 heteroatoms. The average Bonchev–Trinajstić information content (AvgIpc) is 2.03. The fourth-order valence-electron chi connectivity index (χ4n) is 0.937. The van der Waals surface area contributed by atoms with E-state index in [0.717, 1.165) is 12.0 Å². The summed E-state index contributed by atoms with van der Waals surface area (Å²) in [6.07, 6.45) is 0.866. The van der Waals surface area contributed by atoms with Crippen molar-refractivity contribution in [3.05, 3.63) is 33.3 Å². The Morgan fingerprint density at radius 1 is 1.33 bits per heavy atom. The molecule has 12 heavy (non-hydrogen) atoms. The Kier molecular flexibility index (Phi) is 2.97. The molecule has 0 bridgehead atoms. The predicted molar refractivity (Wildman–Crippen MR) is 50.6 cm³/mol. The van der Waals surface area contributed by atoms with Crippen molar-refractivity contribution in [2.75, 3.05) is 0 Å². The molecule has 0 heterocycles. The van der Waals surface area contributed by atoms with Gasteiger partial charge in [0, 0.05) is 0 Å². The molecule has 0 radical (unpaired) electrons. The summed E-state index contributed by atoms with van der Waals surface area (Å²) in [6.45, 7) is 2.01. The number of nitriles is 1. The molecule has 0 aliphatic rings. The summed E-state index contributed by atoms with van der Waals surface area (Å²) in [5.41, 5.74) is 1.40. The molecule has 1 rings (SSSR count). The Labute approximate surface area is 81.5 Å². The maximum atomic E-state index is 8.64. The fourth-order valence-corrected chi connectivity index (χ4v) is 1.55. The van der Waals surface area contributed by atoms with Gasteiger partial charge >= 0.3 is 0 Å². The molecule has 1 aromatic carbocycles. The van der Waals surface area contributed by atoms with E-state index in [1.165, 1.54) is 0 Å². The van der Waals surface area contributed by atoms with Crippen molar-refractivity contribution >= 4 is 23.2 Å². The monoisotopic (exact) mass is 199 g/mol. The highest BCUT2D eigenvalue weighted by Crippen LogP contribution is 2.25. The number of hydrogen-bond donors (Lipinski definition) is 0. The van der Waals surface area contributed by atoms with Gasteiger partial charge in [0.2, 0.25) is 0 Å². The first-order valence-electron chi connectivity index (χ1n) is 3.57. The van der Waals surface area contributed by atoms with E-state index in [2.05, 4.69) is 0 Å². The molecule has 0 unspecified atom stereocenters. The zero-order valence-electron chi connectivity index (χ0n) is 6.56. The Morgan fingerprint density at radius 2 is 1.83 bits per heavy atom. The van der Waals surface area contributed by atoms with E-state index in [-0.39, 0.29) is 0 Å². The highest BCUT2D eigenvalue weighted by molar-refractivity contribution is 6.36. The van der Waals surface area contributed by atoms with Crippen LogP contribution in [0.2, 0.25) is 10.0 Å². The van der Waals surface area contributed by atoms with Gasteiger partial charge in [-0.1, -0.05) is 30.1 Å². The van der Waals surface area contributed by atoms with Gasteiger partial charge in [-0.2, -0.15) is 5.26 Å². The van der Waals surface area contributed by atoms with Gasteiger partial charge in [-0.25, -0.2) is 0 Å². The fraction of sp³-hybridized carbons (Fsp3) is 0.222. The van der Waals surface area contributed by atoms with Gasteiger partial charge < -0.3 is 0 Å². The molecule has 1 aromatic rings. The number of aryl methyl sites for hydroxylation is 1. The lowest BCUT2D eigenvalue weighted by Crippen LogP contribution is -1.85. The van der Waals surface area contributed by atoms with Crippen LogP contribution in [0.1, 0.15) is 18.1 Å². The van der Waals surface area contributed by atoms with E-state index in [1.807, 2.05) is 13.0 Å². The summed E-state index contributed by atoms with van der Waals surface area (Å²) in [7, 11) is 0. The van der Waals surface area contributed by atoms with Gasteiger partial charge in [0.15, 0.2) is 0 Å². The van der Waals surface area contributed by atoms with E-state index in [4.69, 9.17) is 28.5 Å². The van der Waals surface area contributed by atoms with Crippen molar-refractivity contribution in [2.45, 2.75) is 13.3 Å². The second-order valence-electron chi connectivity index (χ2n) is 2.40. The quantitative estimate of drug-likeness (QED) is 0.681. The van der Waals surface area contributed by atoms with E-state index >= 15 is 0 Å². The maximum Gasteiger partial charge on any atom is 0.102 e. The molecule has 0 saturated heterocycles. The topological polar surface area (TPSA) is 23.8 Å². The molecule has 0 spiro atoms. The number of benzene rings is 1. The van der Waals surface area contributed by atoms with Crippen molar-refractivity contribution in [3.8, 4) is 6.07 Å². The molecule has 0 aromatic heterocycles. The molecule has 0 aliphatic carbocycles. The van der Waals surface area contributed by atoms with Crippen molar-refractivity contribution in [1.29, 1.82) is 5.26 Å². The van der Waals surface area contributed by atoms with E-state index in [9.17, 15) is 0 Å². The first-order chi connectivity index (χ1) is 5.69. The zero-order chi connectivity index (χ0) is 9.14. The van der Waals surface area contributed by atoms with E-state index in [1.54, 1.807) is 12.1 Å². The average molecular weight is 200 g/mol. The van der Waals surface area contributed by atoms with Crippen LogP contribution in [0.3, 0.4) is 0 Å². The van der Waals surface area contributed by atoms with Crippen molar-refractivity contribution in [2.24, 2.45) is 0 Å². The number of nitrogens with zero attached hydrogens (tertiary/aromatic N) is 1. The summed E-state index contributed by atoms with van der Waals surface area (Å²) in [5.74, 6) is 0. The van der Waals surface area contributed by atoms with Crippen LogP contribution in [-0.4, -0.2) is 0 Å². The van der Waals surface area contributed by atoms with Crippen LogP contribution in [0.15, 0.2) is 12.1 Å². The first-order valence-corrected chi connectivity index (χ1v) is 4.32. The molecule has 0 fully saturated rings. The van der Waals surface area contributed by atoms with Crippen LogP contribution in [0.25, 0.3) is 0 Å². The SMILES string of the molecule is CCc1cc(Cl)c(C#N)c(Cl)c1. The summed E-state index contributed by atoms with van der Waals surface area (Å²) < 4.78 is 0. The van der Waals surface area contributed by atoms with Crippen molar-refractivity contribution in [3.63, 3.8) is 0 Å². The minimum Gasteiger partial charge on any atom is -0.192 e. The Balaban J connectivity index is 3.30. The molecule has 62 valence electrons. The van der Waals surface area contributed by atoms with Crippen LogP contribution in [-0.2, 0) is 6.42 Å². The molecule has 0 amide bonds. The van der Waals surface area contributed by atoms with Crippen LogP contribution in [0.4, 0.5) is 0 Å². The highest BCUT2D eigenvalue weighted by atomic mass is 35.5. The molecular formula is C9H7Cl2N. The molecule has 0 saturated carbocycles. The standard InChI is InChI=1S/C9H7Cl2N/c1-2-6-3-8(10)7(5-12)9(11)4-6/h3-4H,2H2,1H3. The van der Waals surface area contributed by atoms with Crippen LogP contribution in [0, 0.1) is 11.3 Å². The zero-order valence-corrected chi connectivity index (χ0v) is 8.08. The number of hydrogen-bond acceptors (Lipinski definition) is 1. The summed E-state index contributed by atoms with van der Waals surface area (Å²) in [6, 6.07) is 5.49. The third kappa shape index (κ3) is 1.72. The molecule has 1 nitrogen and oxygen atoms in total. The first kappa shape index (κ1) is 9.38. The minimum absolute atomic E-state index is 0.357. The predicted octanol–water partition coefficient (Wildman–Crippen LogP) is 3.43. The largest absolute Gasteiger partial charge is 0.192 e. The van der Waals surface area contributed by atoms with Gasteiger partial charge in [-0.3, -0.25) is 0 Å². The Hall–Kier alpha value is -0.710. The van der Waals surface area contributed by atoms with Crippen molar-refractivity contribution < 1.29 is 0 Å². The lowest BCUT2D eigenvalue weighted by molar-refractivity contribution is 1.14. The number of halogens is 2. The van der Waals surface area contributed by atoms with Crippen LogP contribution >= 0.6 is 23.2 Å². The van der Waals surface area contributed by atoms with Crippen molar-refractivity contribution in [1.82, 2.24) is 0 Å². The lowest BCUT2D eigenvalue weighted by Gasteiger charge is -2.01. The summed E-state index contributed by atoms with van der Waals surface area (Å²) in [4.78, 5) is 0. The number of rotatable bonds is 1. The van der Waals surface area contributed by atoms with E-state index in [0.29, 0.717) is 15.6 Å². The molecule has 0 atom stereocenters. The van der Waals surface area contributed by atoms with Gasteiger partial charge in [-0.15, -0.1) is 0 Å². The molecule has 0 aliphatic heterocycles. The summed E-state index contributed by atoms with van der Waals surface area (Å²) in [5, 5.41) is 9.51. The highest BCUT2D eigenvalue weighted by Gasteiger charge is 2.05. The van der Waals surface area contributed by atoms with Gasteiger partial charge in [0.1, 0.15) is 6.07 Å². The molecule has 0 N–H and O–H groups in total.